The van der Waals surface area contributed by atoms with Crippen molar-refractivity contribution in [1.29, 1.82) is 0 Å². The zero-order valence-corrected chi connectivity index (χ0v) is 15.8. The van der Waals surface area contributed by atoms with Crippen LogP contribution < -0.4 is 10.2 Å². The van der Waals surface area contributed by atoms with E-state index in [1.807, 2.05) is 54.7 Å². The molecule has 3 rings (SSSR count). The molecular weight excluding hydrogens is 338 g/mol. The van der Waals surface area contributed by atoms with Crippen molar-refractivity contribution in [3.05, 3.63) is 65.9 Å². The molecule has 1 aromatic heterocycles. The lowest BCUT2D eigenvalue weighted by Crippen LogP contribution is -2.38. The van der Waals surface area contributed by atoms with E-state index < -0.39 is 0 Å². The molecule has 0 bridgehead atoms. The molecule has 2 aromatic carbocycles. The number of aryl methyl sites for hydroxylation is 1. The van der Waals surface area contributed by atoms with Gasteiger partial charge in [-0.15, -0.1) is 0 Å². The van der Waals surface area contributed by atoms with Gasteiger partial charge in [0.15, 0.2) is 0 Å². The van der Waals surface area contributed by atoms with E-state index in [1.54, 1.807) is 11.8 Å². The van der Waals surface area contributed by atoms with Gasteiger partial charge in [0.1, 0.15) is 0 Å². The number of para-hydroxylation sites is 2. The molecule has 1 heterocycles. The molecule has 0 unspecified atom stereocenters. The third-order valence-corrected chi connectivity index (χ3v) is 4.73. The van der Waals surface area contributed by atoms with Crippen LogP contribution in [-0.4, -0.2) is 29.9 Å². The van der Waals surface area contributed by atoms with Crippen molar-refractivity contribution in [2.24, 2.45) is 0 Å². The van der Waals surface area contributed by atoms with Crippen molar-refractivity contribution in [2.45, 2.75) is 26.7 Å². The second-order valence-electron chi connectivity index (χ2n) is 6.54. The average molecular weight is 363 g/mol. The van der Waals surface area contributed by atoms with Gasteiger partial charge in [-0.2, -0.15) is 0 Å². The monoisotopic (exact) mass is 363 g/mol. The molecule has 0 spiro atoms. The Kier molecular flexibility index (Phi) is 5.91. The SMILES string of the molecule is CCc1ccccc1N(CCNC(=O)Cc1c[nH]c2ccccc12)C(C)=O. The minimum Gasteiger partial charge on any atom is -0.361 e. The topological polar surface area (TPSA) is 65.2 Å². The fourth-order valence-electron chi connectivity index (χ4n) is 3.34. The van der Waals surface area contributed by atoms with E-state index in [0.29, 0.717) is 19.5 Å². The Hall–Kier alpha value is -3.08. The quantitative estimate of drug-likeness (QED) is 0.675. The third kappa shape index (κ3) is 4.37. The smallest absolute Gasteiger partial charge is 0.224 e. The molecule has 2 N–H and O–H groups in total. The summed E-state index contributed by atoms with van der Waals surface area (Å²) < 4.78 is 0. The molecule has 0 aliphatic heterocycles. The Morgan fingerprint density at radius 3 is 2.56 bits per heavy atom. The highest BCUT2D eigenvalue weighted by Crippen LogP contribution is 2.21. The van der Waals surface area contributed by atoms with Gasteiger partial charge in [-0.3, -0.25) is 9.59 Å². The van der Waals surface area contributed by atoms with Crippen molar-refractivity contribution < 1.29 is 9.59 Å². The number of amides is 2. The number of anilines is 1. The van der Waals surface area contributed by atoms with Gasteiger partial charge in [0.25, 0.3) is 0 Å². The Morgan fingerprint density at radius 1 is 1.04 bits per heavy atom. The first kappa shape index (κ1) is 18.7. The summed E-state index contributed by atoms with van der Waals surface area (Å²) in [7, 11) is 0. The van der Waals surface area contributed by atoms with E-state index in [2.05, 4.69) is 17.2 Å². The van der Waals surface area contributed by atoms with Crippen molar-refractivity contribution >= 4 is 28.4 Å². The number of hydrogen-bond acceptors (Lipinski definition) is 2. The lowest BCUT2D eigenvalue weighted by Gasteiger charge is -2.24. The van der Waals surface area contributed by atoms with E-state index in [0.717, 1.165) is 34.1 Å². The largest absolute Gasteiger partial charge is 0.361 e. The van der Waals surface area contributed by atoms with Gasteiger partial charge in [0.2, 0.25) is 11.8 Å². The van der Waals surface area contributed by atoms with Gasteiger partial charge in [-0.25, -0.2) is 0 Å². The van der Waals surface area contributed by atoms with Crippen LogP contribution in [0, 0.1) is 0 Å². The lowest BCUT2D eigenvalue weighted by atomic mass is 10.1. The maximum absolute atomic E-state index is 12.3. The maximum atomic E-state index is 12.3. The van der Waals surface area contributed by atoms with Crippen LogP contribution in [0.1, 0.15) is 25.0 Å². The number of rotatable bonds is 7. The van der Waals surface area contributed by atoms with E-state index in [4.69, 9.17) is 0 Å². The number of benzene rings is 2. The minimum atomic E-state index is -0.0490. The highest BCUT2D eigenvalue weighted by molar-refractivity contribution is 5.92. The van der Waals surface area contributed by atoms with E-state index in [-0.39, 0.29) is 11.8 Å². The van der Waals surface area contributed by atoms with Crippen LogP contribution in [0.3, 0.4) is 0 Å². The van der Waals surface area contributed by atoms with E-state index in [9.17, 15) is 9.59 Å². The van der Waals surface area contributed by atoms with Crippen LogP contribution >= 0.6 is 0 Å². The summed E-state index contributed by atoms with van der Waals surface area (Å²) in [6.45, 7) is 4.49. The van der Waals surface area contributed by atoms with Gasteiger partial charge < -0.3 is 15.2 Å². The second kappa shape index (κ2) is 8.54. The summed E-state index contributed by atoms with van der Waals surface area (Å²) in [6, 6.07) is 15.8. The second-order valence-corrected chi connectivity index (χ2v) is 6.54. The predicted molar refractivity (Wildman–Crippen MR) is 109 cm³/mol. The molecule has 0 saturated carbocycles. The molecule has 0 aliphatic carbocycles. The van der Waals surface area contributed by atoms with E-state index in [1.165, 1.54) is 0 Å². The van der Waals surface area contributed by atoms with Gasteiger partial charge >= 0.3 is 0 Å². The average Bonchev–Trinajstić information content (AvgIpc) is 3.08. The van der Waals surface area contributed by atoms with Crippen LogP contribution in [0.4, 0.5) is 5.69 Å². The Balaban J connectivity index is 1.60. The highest BCUT2D eigenvalue weighted by Gasteiger charge is 2.15. The van der Waals surface area contributed by atoms with E-state index >= 15 is 0 Å². The summed E-state index contributed by atoms with van der Waals surface area (Å²) in [5.41, 5.74) is 4.04. The van der Waals surface area contributed by atoms with Crippen LogP contribution in [0.25, 0.3) is 10.9 Å². The van der Waals surface area contributed by atoms with Gasteiger partial charge in [0, 0.05) is 42.8 Å². The number of hydrogen-bond donors (Lipinski definition) is 2. The Bertz CT molecular complexity index is 945. The Morgan fingerprint density at radius 2 is 1.78 bits per heavy atom. The van der Waals surface area contributed by atoms with Gasteiger partial charge in [-0.1, -0.05) is 43.3 Å². The molecule has 0 saturated heterocycles. The predicted octanol–water partition coefficient (Wildman–Crippen LogP) is 3.44. The molecule has 0 fully saturated rings. The Labute approximate surface area is 159 Å². The summed E-state index contributed by atoms with van der Waals surface area (Å²) in [5, 5.41) is 4.00. The van der Waals surface area contributed by atoms with Crippen molar-refractivity contribution in [3.8, 4) is 0 Å². The fraction of sp³-hybridized carbons (Fsp3) is 0.273. The van der Waals surface area contributed by atoms with Gasteiger partial charge in [0.05, 0.1) is 6.42 Å². The zero-order valence-electron chi connectivity index (χ0n) is 15.8. The molecule has 5 nitrogen and oxygen atoms in total. The molecule has 0 aliphatic rings. The van der Waals surface area contributed by atoms with Crippen molar-refractivity contribution in [1.82, 2.24) is 10.3 Å². The first-order chi connectivity index (χ1) is 13.1. The number of carbonyl (C=O) groups is 2. The van der Waals surface area contributed by atoms with Crippen LogP contribution in [-0.2, 0) is 22.4 Å². The van der Waals surface area contributed by atoms with Crippen LogP contribution in [0.2, 0.25) is 0 Å². The molecule has 140 valence electrons. The molecule has 0 radical (unpaired) electrons. The highest BCUT2D eigenvalue weighted by atomic mass is 16.2. The number of aromatic amines is 1. The third-order valence-electron chi connectivity index (χ3n) is 4.73. The zero-order chi connectivity index (χ0) is 19.2. The summed E-state index contributed by atoms with van der Waals surface area (Å²) in [6.07, 6.45) is 3.05. The summed E-state index contributed by atoms with van der Waals surface area (Å²) in [5.74, 6) is -0.0752. The molecular formula is C22H25N3O2. The molecule has 0 atom stereocenters. The van der Waals surface area contributed by atoms with Crippen LogP contribution in [0.15, 0.2) is 54.7 Å². The fourth-order valence-corrected chi connectivity index (χ4v) is 3.34. The number of nitrogens with one attached hydrogen (secondary N) is 2. The first-order valence-electron chi connectivity index (χ1n) is 9.28. The summed E-state index contributed by atoms with van der Waals surface area (Å²) >= 11 is 0. The van der Waals surface area contributed by atoms with Crippen molar-refractivity contribution in [2.75, 3.05) is 18.0 Å². The van der Waals surface area contributed by atoms with Crippen LogP contribution in [0.5, 0.6) is 0 Å². The number of carbonyl (C=O) groups excluding carboxylic acids is 2. The number of nitrogens with zero attached hydrogens (tertiary/aromatic N) is 1. The summed E-state index contributed by atoms with van der Waals surface area (Å²) in [4.78, 5) is 29.3. The number of aromatic nitrogens is 1. The number of H-pyrrole nitrogens is 1. The van der Waals surface area contributed by atoms with Gasteiger partial charge in [-0.05, 0) is 29.7 Å². The molecule has 27 heavy (non-hydrogen) atoms. The minimum absolute atomic E-state index is 0.0261. The number of fused-ring (bicyclic) bond motifs is 1. The first-order valence-corrected chi connectivity index (χ1v) is 9.28. The normalized spacial score (nSPS) is 10.7. The molecule has 2 amide bonds. The standard InChI is InChI=1S/C22H25N3O2/c1-3-17-8-4-7-11-21(17)25(16(2)26)13-12-23-22(27)14-18-15-24-20-10-6-5-9-19(18)20/h4-11,15,24H,3,12-14H2,1-2H3,(H,23,27). The lowest BCUT2D eigenvalue weighted by molar-refractivity contribution is -0.121. The molecule has 3 aromatic rings. The van der Waals surface area contributed by atoms with Crippen molar-refractivity contribution in [3.63, 3.8) is 0 Å². The molecule has 5 heteroatoms. The maximum Gasteiger partial charge on any atom is 0.224 e.